The molecule has 116 valence electrons. The smallest absolute Gasteiger partial charge is 0.325 e. The Morgan fingerprint density at radius 1 is 1.48 bits per heavy atom. The van der Waals surface area contributed by atoms with Crippen molar-refractivity contribution in [2.24, 2.45) is 0 Å². The Kier molecular flexibility index (Phi) is 5.59. The number of benzene rings is 1. The first-order valence-electron chi connectivity index (χ1n) is 7.40. The second kappa shape index (κ2) is 7.43. The zero-order chi connectivity index (χ0) is 15.2. The lowest BCUT2D eigenvalue weighted by Gasteiger charge is -2.39. The van der Waals surface area contributed by atoms with E-state index in [1.807, 2.05) is 23.1 Å². The van der Waals surface area contributed by atoms with Crippen LogP contribution in [0.15, 0.2) is 24.3 Å². The number of methoxy groups -OCH3 is 1. The number of aliphatic carboxylic acids is 1. The molecule has 21 heavy (non-hydrogen) atoms. The molecule has 1 aliphatic rings. The van der Waals surface area contributed by atoms with Gasteiger partial charge < -0.3 is 14.9 Å². The van der Waals surface area contributed by atoms with Gasteiger partial charge in [-0.2, -0.15) is 0 Å². The topological polar surface area (TPSA) is 70.0 Å². The maximum absolute atomic E-state index is 11.8. The molecular weight excluding hydrogens is 270 g/mol. The predicted octanol–water partition coefficient (Wildman–Crippen LogP) is 2.06. The van der Waals surface area contributed by atoms with Crippen LogP contribution in [0.25, 0.3) is 0 Å². The van der Waals surface area contributed by atoms with Gasteiger partial charge in [0.2, 0.25) is 0 Å². The number of hydrogen-bond acceptors (Lipinski definition) is 4. The molecule has 0 aromatic heterocycles. The number of piperidine rings is 1. The summed E-state index contributed by atoms with van der Waals surface area (Å²) in [4.78, 5) is 13.8. The van der Waals surface area contributed by atoms with Crippen LogP contribution in [0.5, 0.6) is 5.75 Å². The molecule has 1 saturated heterocycles. The summed E-state index contributed by atoms with van der Waals surface area (Å²) in [5, 5.41) is 18.9. The Morgan fingerprint density at radius 2 is 2.29 bits per heavy atom. The first-order chi connectivity index (χ1) is 10.2. The van der Waals surface area contributed by atoms with Gasteiger partial charge in [-0.1, -0.05) is 18.6 Å². The van der Waals surface area contributed by atoms with Crippen molar-refractivity contribution >= 4 is 5.97 Å². The maximum atomic E-state index is 11.8. The maximum Gasteiger partial charge on any atom is 0.325 e. The standard InChI is InChI=1S/C16H23NO4/c1-21-14-7-4-5-12(11-14)15(16(19)20)17-9-3-2-6-13(17)8-10-18/h4-5,7,11,13,15,18H,2-3,6,8-10H2,1H3,(H,19,20). The van der Waals surface area contributed by atoms with E-state index in [9.17, 15) is 15.0 Å². The molecule has 2 unspecified atom stereocenters. The van der Waals surface area contributed by atoms with Crippen LogP contribution in [0, 0.1) is 0 Å². The lowest BCUT2D eigenvalue weighted by molar-refractivity contribution is -0.145. The van der Waals surface area contributed by atoms with Crippen LogP contribution < -0.4 is 4.74 Å². The first-order valence-corrected chi connectivity index (χ1v) is 7.40. The fourth-order valence-electron chi connectivity index (χ4n) is 3.11. The fourth-order valence-corrected chi connectivity index (χ4v) is 3.11. The SMILES string of the molecule is COc1cccc(C(C(=O)O)N2CCCCC2CCO)c1. The summed E-state index contributed by atoms with van der Waals surface area (Å²) in [6.07, 6.45) is 3.64. The molecule has 1 heterocycles. The van der Waals surface area contributed by atoms with Gasteiger partial charge >= 0.3 is 5.97 Å². The molecule has 1 aliphatic heterocycles. The fraction of sp³-hybridized carbons (Fsp3) is 0.562. The van der Waals surface area contributed by atoms with Gasteiger partial charge in [0.05, 0.1) is 7.11 Å². The molecule has 2 rings (SSSR count). The van der Waals surface area contributed by atoms with Gasteiger partial charge in [0.25, 0.3) is 0 Å². The van der Waals surface area contributed by atoms with Crippen LogP contribution in [-0.4, -0.2) is 47.4 Å². The molecule has 2 atom stereocenters. The average molecular weight is 293 g/mol. The highest BCUT2D eigenvalue weighted by Gasteiger charge is 2.34. The summed E-state index contributed by atoms with van der Waals surface area (Å²) in [5.41, 5.74) is 0.728. The van der Waals surface area contributed by atoms with Gasteiger partial charge in [0, 0.05) is 12.6 Å². The van der Waals surface area contributed by atoms with Gasteiger partial charge in [-0.3, -0.25) is 9.69 Å². The Labute approximate surface area is 125 Å². The molecule has 1 fully saturated rings. The van der Waals surface area contributed by atoms with E-state index in [0.29, 0.717) is 12.2 Å². The minimum atomic E-state index is -0.854. The van der Waals surface area contributed by atoms with Crippen molar-refractivity contribution in [3.8, 4) is 5.75 Å². The van der Waals surface area contributed by atoms with E-state index in [4.69, 9.17) is 4.74 Å². The molecule has 0 saturated carbocycles. The van der Waals surface area contributed by atoms with Crippen LogP contribution in [0.1, 0.15) is 37.3 Å². The van der Waals surface area contributed by atoms with E-state index >= 15 is 0 Å². The lowest BCUT2D eigenvalue weighted by Crippen LogP contribution is -2.45. The van der Waals surface area contributed by atoms with E-state index < -0.39 is 12.0 Å². The molecular formula is C16H23NO4. The van der Waals surface area contributed by atoms with Gasteiger partial charge in [-0.15, -0.1) is 0 Å². The van der Waals surface area contributed by atoms with Crippen LogP contribution in [-0.2, 0) is 4.79 Å². The number of carbonyl (C=O) groups is 1. The number of aliphatic hydroxyl groups is 1. The zero-order valence-electron chi connectivity index (χ0n) is 12.4. The minimum absolute atomic E-state index is 0.0889. The lowest BCUT2D eigenvalue weighted by atomic mass is 9.94. The average Bonchev–Trinajstić information content (AvgIpc) is 2.49. The second-order valence-electron chi connectivity index (χ2n) is 5.42. The number of carboxylic acid groups (broad SMARTS) is 1. The summed E-state index contributed by atoms with van der Waals surface area (Å²) >= 11 is 0. The van der Waals surface area contributed by atoms with Crippen LogP contribution >= 0.6 is 0 Å². The molecule has 0 bridgehead atoms. The van der Waals surface area contributed by atoms with E-state index in [1.165, 1.54) is 0 Å². The van der Waals surface area contributed by atoms with Crippen molar-refractivity contribution in [3.63, 3.8) is 0 Å². The molecule has 0 radical (unpaired) electrons. The largest absolute Gasteiger partial charge is 0.497 e. The highest BCUT2D eigenvalue weighted by atomic mass is 16.5. The number of ether oxygens (including phenoxy) is 1. The molecule has 1 aromatic carbocycles. The van der Waals surface area contributed by atoms with Crippen LogP contribution in [0.2, 0.25) is 0 Å². The summed E-state index contributed by atoms with van der Waals surface area (Å²) in [7, 11) is 1.57. The van der Waals surface area contributed by atoms with E-state index in [2.05, 4.69) is 0 Å². The highest BCUT2D eigenvalue weighted by Crippen LogP contribution is 2.31. The van der Waals surface area contributed by atoms with Crippen molar-refractivity contribution in [1.82, 2.24) is 4.90 Å². The molecule has 5 heteroatoms. The number of carboxylic acids is 1. The molecule has 0 aliphatic carbocycles. The summed E-state index contributed by atoms with van der Waals surface area (Å²) in [6.45, 7) is 0.838. The van der Waals surface area contributed by atoms with Crippen LogP contribution in [0.4, 0.5) is 0 Å². The summed E-state index contributed by atoms with van der Waals surface area (Å²) in [5.74, 6) is -0.192. The predicted molar refractivity (Wildman–Crippen MR) is 79.4 cm³/mol. The minimum Gasteiger partial charge on any atom is -0.497 e. The normalized spacial score (nSPS) is 21.0. The first kappa shape index (κ1) is 15.8. The van der Waals surface area contributed by atoms with E-state index in [1.54, 1.807) is 13.2 Å². The Morgan fingerprint density at radius 3 is 2.95 bits per heavy atom. The molecule has 0 amide bonds. The third-order valence-corrected chi connectivity index (χ3v) is 4.11. The summed E-state index contributed by atoms with van der Waals surface area (Å²) in [6, 6.07) is 6.67. The second-order valence-corrected chi connectivity index (χ2v) is 5.42. The van der Waals surface area contributed by atoms with Gasteiger partial charge in [-0.05, 0) is 43.5 Å². The van der Waals surface area contributed by atoms with Crippen molar-refractivity contribution in [2.45, 2.75) is 37.8 Å². The molecule has 1 aromatic rings. The number of likely N-dealkylation sites (tertiary alicyclic amines) is 1. The number of aliphatic hydroxyl groups excluding tert-OH is 1. The molecule has 2 N–H and O–H groups in total. The Hall–Kier alpha value is -1.59. The highest BCUT2D eigenvalue weighted by molar-refractivity contribution is 5.75. The van der Waals surface area contributed by atoms with Gasteiger partial charge in [0.15, 0.2) is 0 Å². The molecule has 0 spiro atoms. The monoisotopic (exact) mass is 293 g/mol. The summed E-state index contributed by atoms with van der Waals surface area (Å²) < 4.78 is 5.19. The molecule has 5 nitrogen and oxygen atoms in total. The number of hydrogen-bond donors (Lipinski definition) is 2. The van der Waals surface area contributed by atoms with Crippen molar-refractivity contribution in [2.75, 3.05) is 20.3 Å². The third-order valence-electron chi connectivity index (χ3n) is 4.11. The zero-order valence-corrected chi connectivity index (χ0v) is 12.4. The Balaban J connectivity index is 2.30. The van der Waals surface area contributed by atoms with Crippen molar-refractivity contribution in [1.29, 1.82) is 0 Å². The van der Waals surface area contributed by atoms with Gasteiger partial charge in [0.1, 0.15) is 11.8 Å². The van der Waals surface area contributed by atoms with E-state index in [0.717, 1.165) is 31.4 Å². The third kappa shape index (κ3) is 3.74. The quantitative estimate of drug-likeness (QED) is 0.840. The van der Waals surface area contributed by atoms with Crippen molar-refractivity contribution in [3.05, 3.63) is 29.8 Å². The number of rotatable bonds is 6. The van der Waals surface area contributed by atoms with Crippen LogP contribution in [0.3, 0.4) is 0 Å². The number of nitrogens with zero attached hydrogens (tertiary/aromatic N) is 1. The van der Waals surface area contributed by atoms with Gasteiger partial charge in [-0.25, -0.2) is 0 Å². The van der Waals surface area contributed by atoms with E-state index in [-0.39, 0.29) is 12.6 Å². The van der Waals surface area contributed by atoms with Crippen molar-refractivity contribution < 1.29 is 19.7 Å². The Bertz CT molecular complexity index is 475.